The molecule has 36 heavy (non-hydrogen) atoms. The van der Waals surface area contributed by atoms with Crippen LogP contribution >= 0.6 is 11.3 Å². The van der Waals surface area contributed by atoms with Crippen molar-refractivity contribution in [1.29, 1.82) is 0 Å². The van der Waals surface area contributed by atoms with Crippen molar-refractivity contribution in [1.82, 2.24) is 34.1 Å². The molecular formula is C23H20FN7O3S2. The number of fused-ring (bicyclic) bond motifs is 2. The molecule has 1 saturated heterocycles. The van der Waals surface area contributed by atoms with Gasteiger partial charge in [0.05, 0.1) is 34.7 Å². The predicted molar refractivity (Wildman–Crippen MR) is 128 cm³/mol. The largest absolute Gasteiger partial charge is 0.291 e. The van der Waals surface area contributed by atoms with Crippen molar-refractivity contribution in [3.63, 3.8) is 0 Å². The summed E-state index contributed by atoms with van der Waals surface area (Å²) in [6.45, 7) is 0.145. The van der Waals surface area contributed by atoms with Crippen LogP contribution in [-0.2, 0) is 23.5 Å². The van der Waals surface area contributed by atoms with Gasteiger partial charge in [-0.05, 0) is 48.7 Å². The van der Waals surface area contributed by atoms with Gasteiger partial charge < -0.3 is 0 Å². The monoisotopic (exact) mass is 525 g/mol. The third-order valence-electron chi connectivity index (χ3n) is 6.74. The van der Waals surface area contributed by atoms with Crippen molar-refractivity contribution in [3.8, 4) is 5.69 Å². The van der Waals surface area contributed by atoms with Crippen molar-refractivity contribution >= 4 is 33.2 Å². The molecule has 1 aliphatic carbocycles. The van der Waals surface area contributed by atoms with Gasteiger partial charge in [-0.15, -0.1) is 16.4 Å². The number of benzene rings is 1. The number of aryl methyl sites for hydroxylation is 1. The Kier molecular flexibility index (Phi) is 5.24. The molecular weight excluding hydrogens is 505 g/mol. The van der Waals surface area contributed by atoms with Gasteiger partial charge in [0.1, 0.15) is 11.5 Å². The number of hydrogen-bond donors (Lipinski definition) is 0. The van der Waals surface area contributed by atoms with Crippen molar-refractivity contribution in [2.24, 2.45) is 12.5 Å². The first kappa shape index (κ1) is 22.9. The number of halogens is 1. The molecule has 0 unspecified atom stereocenters. The number of carbonyl (C=O) groups excluding carboxylic acids is 1. The van der Waals surface area contributed by atoms with Crippen LogP contribution in [0.25, 0.3) is 11.8 Å². The topological polar surface area (TPSA) is 116 Å². The van der Waals surface area contributed by atoms with Crippen LogP contribution < -0.4 is 0 Å². The molecule has 0 spiro atoms. The highest BCUT2D eigenvalue weighted by Crippen LogP contribution is 2.47. The number of carbonyl (C=O) groups is 1. The second-order valence-electron chi connectivity index (χ2n) is 8.89. The molecule has 4 heterocycles. The van der Waals surface area contributed by atoms with E-state index in [4.69, 9.17) is 0 Å². The zero-order valence-corrected chi connectivity index (χ0v) is 20.7. The van der Waals surface area contributed by atoms with E-state index >= 15 is 0 Å². The average molecular weight is 526 g/mol. The Hall–Kier alpha value is -3.55. The Bertz CT molecular complexity index is 1610. The first-order chi connectivity index (χ1) is 17.3. The van der Waals surface area contributed by atoms with Gasteiger partial charge >= 0.3 is 0 Å². The smallest absolute Gasteiger partial charge is 0.264 e. The van der Waals surface area contributed by atoms with E-state index in [1.165, 1.54) is 38.7 Å². The molecule has 0 N–H and O–H groups in total. The van der Waals surface area contributed by atoms with Gasteiger partial charge in [-0.1, -0.05) is 10.8 Å². The quantitative estimate of drug-likeness (QED) is 0.368. The molecule has 6 rings (SSSR count). The van der Waals surface area contributed by atoms with E-state index in [9.17, 15) is 17.6 Å². The lowest BCUT2D eigenvalue weighted by molar-refractivity contribution is 0.0770. The fraction of sp³-hybridized carbons (Fsp3) is 0.261. The first-order valence-electron chi connectivity index (χ1n) is 11.1. The van der Waals surface area contributed by atoms with Gasteiger partial charge in [-0.2, -0.15) is 9.40 Å². The van der Waals surface area contributed by atoms with Crippen LogP contribution in [0.1, 0.15) is 28.2 Å². The number of piperidine rings is 1. The number of thiazole rings is 1. The zero-order chi connectivity index (χ0) is 25.1. The number of ketones is 1. The van der Waals surface area contributed by atoms with Gasteiger partial charge in [-0.3, -0.25) is 9.48 Å². The maximum Gasteiger partial charge on any atom is 0.264 e. The van der Waals surface area contributed by atoms with E-state index in [0.29, 0.717) is 17.8 Å². The van der Waals surface area contributed by atoms with E-state index in [2.05, 4.69) is 20.4 Å². The van der Waals surface area contributed by atoms with Crippen LogP contribution in [0.3, 0.4) is 0 Å². The van der Waals surface area contributed by atoms with Crippen LogP contribution in [-0.4, -0.2) is 61.4 Å². The first-order valence-corrected chi connectivity index (χ1v) is 13.5. The number of aromatic nitrogens is 6. The number of rotatable bonds is 5. The lowest BCUT2D eigenvalue weighted by Crippen LogP contribution is -2.53. The lowest BCUT2D eigenvalue weighted by Gasteiger charge is -2.44. The summed E-state index contributed by atoms with van der Waals surface area (Å²) < 4.78 is 44.6. The van der Waals surface area contributed by atoms with E-state index in [0.717, 1.165) is 16.8 Å². The molecule has 10 nitrogen and oxygen atoms in total. The van der Waals surface area contributed by atoms with Gasteiger partial charge in [0.2, 0.25) is 5.03 Å². The molecule has 3 aromatic heterocycles. The van der Waals surface area contributed by atoms with Crippen LogP contribution in [0.4, 0.5) is 4.39 Å². The summed E-state index contributed by atoms with van der Waals surface area (Å²) in [4.78, 5) is 18.2. The predicted octanol–water partition coefficient (Wildman–Crippen LogP) is 2.50. The van der Waals surface area contributed by atoms with Crippen molar-refractivity contribution in [3.05, 3.63) is 75.9 Å². The summed E-state index contributed by atoms with van der Waals surface area (Å²) in [5, 5.41) is 13.6. The number of nitrogens with zero attached hydrogens (tertiary/aromatic N) is 7. The van der Waals surface area contributed by atoms with E-state index in [1.54, 1.807) is 40.9 Å². The Morgan fingerprint density at radius 2 is 2.03 bits per heavy atom. The second kappa shape index (κ2) is 8.25. The molecule has 0 amide bonds. The van der Waals surface area contributed by atoms with E-state index < -0.39 is 15.4 Å². The molecule has 13 heteroatoms. The summed E-state index contributed by atoms with van der Waals surface area (Å²) >= 11 is 1.31. The molecule has 184 valence electrons. The molecule has 1 atom stereocenters. The van der Waals surface area contributed by atoms with Crippen LogP contribution in [0, 0.1) is 11.2 Å². The molecule has 1 aromatic carbocycles. The molecule has 0 bridgehead atoms. The molecule has 0 saturated carbocycles. The van der Waals surface area contributed by atoms with Gasteiger partial charge in [-0.25, -0.2) is 22.5 Å². The number of hydrogen-bond acceptors (Lipinski definition) is 8. The SMILES string of the molecule is Cn1cc(S(=O)(=O)N2CCC3=Cc4c(cnn4-c4ccc(F)cc4)C[C@]3(C(=O)c3cscn3)C2)nn1. The fourth-order valence-corrected chi connectivity index (χ4v) is 6.90. The summed E-state index contributed by atoms with van der Waals surface area (Å²) in [6.07, 6.45) is 5.56. The number of sulfonamides is 1. The molecule has 1 fully saturated rings. The standard InChI is InChI=1S/C23H20FN7O3S2/c1-29-11-21(27-28-29)36(33,34)30-7-6-16-8-20-15(10-26-31(20)18-4-2-17(24)3-5-18)9-23(16,13-30)22(32)19-12-35-14-25-19/h2-5,8,10-12,14H,6-7,9,13H2,1H3/t23-/m0/s1. The van der Waals surface area contributed by atoms with Gasteiger partial charge in [0.25, 0.3) is 10.0 Å². The fourth-order valence-electron chi connectivity index (χ4n) is 4.96. The average Bonchev–Trinajstić information content (AvgIpc) is 3.63. The van der Waals surface area contributed by atoms with Crippen molar-refractivity contribution in [2.75, 3.05) is 13.1 Å². The molecule has 0 radical (unpaired) electrons. The third kappa shape index (κ3) is 3.53. The minimum atomic E-state index is -3.97. The summed E-state index contributed by atoms with van der Waals surface area (Å²) in [7, 11) is -2.37. The zero-order valence-electron chi connectivity index (χ0n) is 19.1. The highest BCUT2D eigenvalue weighted by Gasteiger charge is 2.51. The Balaban J connectivity index is 1.45. The number of Topliss-reactive ketones (excluding diaryl/α,β-unsaturated/α-hetero) is 1. The minimum absolute atomic E-state index is 0.0464. The second-order valence-corrected chi connectivity index (χ2v) is 11.5. The molecule has 2 aliphatic rings. The molecule has 1 aliphatic heterocycles. The van der Waals surface area contributed by atoms with Crippen molar-refractivity contribution < 1.29 is 17.6 Å². The van der Waals surface area contributed by atoms with Gasteiger partial charge in [0, 0.05) is 25.5 Å². The normalized spacial score (nSPS) is 20.0. The highest BCUT2D eigenvalue weighted by molar-refractivity contribution is 7.89. The van der Waals surface area contributed by atoms with Crippen molar-refractivity contribution in [2.45, 2.75) is 17.9 Å². The maximum absolute atomic E-state index is 13.9. The van der Waals surface area contributed by atoms with E-state index in [1.807, 2.05) is 6.08 Å². The third-order valence-corrected chi connectivity index (χ3v) is 9.03. The maximum atomic E-state index is 13.9. The highest BCUT2D eigenvalue weighted by atomic mass is 32.2. The Morgan fingerprint density at radius 1 is 1.22 bits per heavy atom. The minimum Gasteiger partial charge on any atom is -0.291 e. The lowest BCUT2D eigenvalue weighted by atomic mass is 9.65. The molecule has 4 aromatic rings. The summed E-state index contributed by atoms with van der Waals surface area (Å²) in [5.41, 5.74) is 3.86. The summed E-state index contributed by atoms with van der Waals surface area (Å²) in [6, 6.07) is 6.01. The van der Waals surface area contributed by atoms with E-state index in [-0.39, 0.29) is 36.1 Å². The van der Waals surface area contributed by atoms with Crippen LogP contribution in [0.15, 0.2) is 58.1 Å². The van der Waals surface area contributed by atoms with Crippen LogP contribution in [0.5, 0.6) is 0 Å². The van der Waals surface area contributed by atoms with Gasteiger partial charge in [0.15, 0.2) is 5.78 Å². The Morgan fingerprint density at radius 3 is 2.72 bits per heavy atom. The summed E-state index contributed by atoms with van der Waals surface area (Å²) in [5.74, 6) is -0.572. The van der Waals surface area contributed by atoms with Crippen LogP contribution in [0.2, 0.25) is 0 Å². The Labute approximate surface area is 209 Å².